The summed E-state index contributed by atoms with van der Waals surface area (Å²) in [7, 11) is 1.59. The molecule has 2 N–H and O–H groups in total. The van der Waals surface area contributed by atoms with Crippen molar-refractivity contribution in [3.8, 4) is 0 Å². The molecule has 0 spiro atoms. The van der Waals surface area contributed by atoms with E-state index in [1.165, 1.54) is 6.42 Å². The Morgan fingerprint density at radius 2 is 2.10 bits per heavy atom. The quantitative estimate of drug-likeness (QED) is 0.830. The lowest BCUT2D eigenvalue weighted by atomic mass is 9.90. The van der Waals surface area contributed by atoms with Gasteiger partial charge in [-0.15, -0.1) is 0 Å². The summed E-state index contributed by atoms with van der Waals surface area (Å²) >= 11 is 0. The number of ether oxygens (including phenoxy) is 1. The minimum absolute atomic E-state index is 0.0665. The minimum atomic E-state index is -0.505. The van der Waals surface area contributed by atoms with E-state index < -0.39 is 6.10 Å². The number of carbonyl (C=O) groups is 1. The summed E-state index contributed by atoms with van der Waals surface area (Å²) in [5.74, 6) is 0.0665. The monoisotopic (exact) mass is 276 g/mol. The molecule has 1 saturated carbocycles. The molecule has 0 bridgehead atoms. The van der Waals surface area contributed by atoms with E-state index in [2.05, 4.69) is 0 Å². The van der Waals surface area contributed by atoms with Gasteiger partial charge in [0.25, 0.3) is 5.91 Å². The average molecular weight is 276 g/mol. The Morgan fingerprint density at radius 3 is 2.60 bits per heavy atom. The van der Waals surface area contributed by atoms with Crippen LogP contribution in [-0.4, -0.2) is 37.0 Å². The van der Waals surface area contributed by atoms with Gasteiger partial charge in [-0.25, -0.2) is 0 Å². The Bertz CT molecular complexity index is 418. The van der Waals surface area contributed by atoms with Crippen molar-refractivity contribution >= 4 is 5.91 Å². The molecule has 1 aromatic rings. The van der Waals surface area contributed by atoms with Crippen LogP contribution in [0.25, 0.3) is 0 Å². The van der Waals surface area contributed by atoms with Gasteiger partial charge in [-0.05, 0) is 37.8 Å². The summed E-state index contributed by atoms with van der Waals surface area (Å²) in [6, 6.07) is 10.1. The van der Waals surface area contributed by atoms with Gasteiger partial charge in [-0.2, -0.15) is 0 Å². The zero-order valence-electron chi connectivity index (χ0n) is 12.1. The van der Waals surface area contributed by atoms with E-state index in [0.717, 1.165) is 31.4 Å². The maximum Gasteiger partial charge on any atom is 0.256 e. The highest BCUT2D eigenvalue weighted by Gasteiger charge is 2.33. The first-order valence-corrected chi connectivity index (χ1v) is 7.36. The predicted molar refractivity (Wildman–Crippen MR) is 79.2 cm³/mol. The molecule has 1 unspecified atom stereocenters. The van der Waals surface area contributed by atoms with Crippen molar-refractivity contribution < 1.29 is 9.53 Å². The summed E-state index contributed by atoms with van der Waals surface area (Å²) in [6.45, 7) is 1.34. The SMILES string of the molecule is COC(C(=O)N(CCCN)C1CCC1)c1ccccc1. The van der Waals surface area contributed by atoms with E-state index in [4.69, 9.17) is 10.5 Å². The van der Waals surface area contributed by atoms with Crippen LogP contribution in [0.15, 0.2) is 30.3 Å². The summed E-state index contributed by atoms with van der Waals surface area (Å²) < 4.78 is 5.46. The molecule has 1 amide bonds. The number of carbonyl (C=O) groups excluding carboxylic acids is 1. The van der Waals surface area contributed by atoms with Gasteiger partial charge in [0.1, 0.15) is 0 Å². The first kappa shape index (κ1) is 15.0. The number of methoxy groups -OCH3 is 1. The fourth-order valence-corrected chi connectivity index (χ4v) is 2.59. The summed E-state index contributed by atoms with van der Waals surface area (Å²) in [6.07, 6.45) is 3.74. The molecule has 0 heterocycles. The molecule has 2 rings (SSSR count). The zero-order valence-corrected chi connectivity index (χ0v) is 12.1. The number of nitrogens with zero attached hydrogens (tertiary/aromatic N) is 1. The van der Waals surface area contributed by atoms with E-state index in [1.54, 1.807) is 7.11 Å². The molecular formula is C16H24N2O2. The van der Waals surface area contributed by atoms with Crippen LogP contribution in [0.2, 0.25) is 0 Å². The van der Waals surface area contributed by atoms with Gasteiger partial charge in [-0.1, -0.05) is 30.3 Å². The van der Waals surface area contributed by atoms with Crippen molar-refractivity contribution in [3.63, 3.8) is 0 Å². The molecular weight excluding hydrogens is 252 g/mol. The minimum Gasteiger partial charge on any atom is -0.367 e. The molecule has 1 aliphatic rings. The first-order chi connectivity index (χ1) is 9.77. The lowest BCUT2D eigenvalue weighted by Crippen LogP contribution is -2.47. The lowest BCUT2D eigenvalue weighted by Gasteiger charge is -2.39. The van der Waals surface area contributed by atoms with Crippen LogP contribution in [0.5, 0.6) is 0 Å². The Labute approximate surface area is 120 Å². The molecule has 0 aliphatic heterocycles. The van der Waals surface area contributed by atoms with Crippen LogP contribution >= 0.6 is 0 Å². The Hall–Kier alpha value is -1.39. The van der Waals surface area contributed by atoms with Gasteiger partial charge in [0.15, 0.2) is 6.10 Å². The number of amides is 1. The molecule has 0 radical (unpaired) electrons. The van der Waals surface area contributed by atoms with Crippen molar-refractivity contribution in [1.82, 2.24) is 4.90 Å². The van der Waals surface area contributed by atoms with Gasteiger partial charge in [0.05, 0.1) is 0 Å². The number of benzene rings is 1. The van der Waals surface area contributed by atoms with Crippen LogP contribution < -0.4 is 5.73 Å². The highest BCUT2D eigenvalue weighted by atomic mass is 16.5. The average Bonchev–Trinajstić information content (AvgIpc) is 2.43. The summed E-state index contributed by atoms with van der Waals surface area (Å²) in [5.41, 5.74) is 6.50. The normalized spacial score (nSPS) is 16.5. The van der Waals surface area contributed by atoms with Crippen LogP contribution in [0.1, 0.15) is 37.4 Å². The molecule has 4 heteroatoms. The van der Waals surface area contributed by atoms with E-state index in [9.17, 15) is 4.79 Å². The maximum absolute atomic E-state index is 12.8. The fourth-order valence-electron chi connectivity index (χ4n) is 2.59. The van der Waals surface area contributed by atoms with Gasteiger partial charge < -0.3 is 15.4 Å². The molecule has 1 fully saturated rings. The molecule has 4 nitrogen and oxygen atoms in total. The Morgan fingerprint density at radius 1 is 1.40 bits per heavy atom. The molecule has 20 heavy (non-hydrogen) atoms. The van der Waals surface area contributed by atoms with Crippen LogP contribution in [0.4, 0.5) is 0 Å². The number of nitrogens with two attached hydrogens (primary N) is 1. The molecule has 1 atom stereocenters. The zero-order chi connectivity index (χ0) is 14.4. The van der Waals surface area contributed by atoms with E-state index in [1.807, 2.05) is 35.2 Å². The third-order valence-electron chi connectivity index (χ3n) is 3.96. The predicted octanol–water partition coefficient (Wildman–Crippen LogP) is 2.10. The van der Waals surface area contributed by atoms with Gasteiger partial charge in [-0.3, -0.25) is 4.79 Å². The Balaban J connectivity index is 2.11. The highest BCUT2D eigenvalue weighted by molar-refractivity contribution is 5.82. The molecule has 110 valence electrons. The van der Waals surface area contributed by atoms with E-state index in [0.29, 0.717) is 12.6 Å². The van der Waals surface area contributed by atoms with Gasteiger partial charge in [0.2, 0.25) is 0 Å². The molecule has 0 saturated heterocycles. The second-order valence-corrected chi connectivity index (χ2v) is 5.29. The van der Waals surface area contributed by atoms with Crippen LogP contribution in [-0.2, 0) is 9.53 Å². The second-order valence-electron chi connectivity index (χ2n) is 5.29. The van der Waals surface area contributed by atoms with Crippen molar-refractivity contribution in [3.05, 3.63) is 35.9 Å². The second kappa shape index (κ2) is 7.41. The summed E-state index contributed by atoms with van der Waals surface area (Å²) in [5, 5.41) is 0. The van der Waals surface area contributed by atoms with Crippen LogP contribution in [0.3, 0.4) is 0 Å². The van der Waals surface area contributed by atoms with Crippen molar-refractivity contribution in [2.24, 2.45) is 5.73 Å². The standard InChI is InChI=1S/C16H24N2O2/c1-20-15(13-7-3-2-4-8-13)16(19)18(12-6-11-17)14-9-5-10-14/h2-4,7-8,14-15H,5-6,9-12,17H2,1H3. The maximum atomic E-state index is 12.8. The topological polar surface area (TPSA) is 55.6 Å². The van der Waals surface area contributed by atoms with Gasteiger partial charge in [0, 0.05) is 19.7 Å². The molecule has 1 aromatic carbocycles. The van der Waals surface area contributed by atoms with Gasteiger partial charge >= 0.3 is 0 Å². The molecule has 1 aliphatic carbocycles. The lowest BCUT2D eigenvalue weighted by molar-refractivity contribution is -0.146. The number of hydrogen-bond donors (Lipinski definition) is 1. The summed E-state index contributed by atoms with van der Waals surface area (Å²) in [4.78, 5) is 14.7. The third-order valence-corrected chi connectivity index (χ3v) is 3.96. The highest BCUT2D eigenvalue weighted by Crippen LogP contribution is 2.29. The van der Waals surface area contributed by atoms with E-state index in [-0.39, 0.29) is 5.91 Å². The largest absolute Gasteiger partial charge is 0.367 e. The van der Waals surface area contributed by atoms with Crippen molar-refractivity contribution in [2.45, 2.75) is 37.8 Å². The number of hydrogen-bond acceptors (Lipinski definition) is 3. The van der Waals surface area contributed by atoms with Crippen molar-refractivity contribution in [1.29, 1.82) is 0 Å². The van der Waals surface area contributed by atoms with E-state index >= 15 is 0 Å². The number of rotatable bonds is 7. The smallest absolute Gasteiger partial charge is 0.256 e. The first-order valence-electron chi connectivity index (χ1n) is 7.36. The van der Waals surface area contributed by atoms with Crippen molar-refractivity contribution in [2.75, 3.05) is 20.2 Å². The molecule has 0 aromatic heterocycles. The Kier molecular flexibility index (Phi) is 5.56. The third kappa shape index (κ3) is 3.38. The fraction of sp³-hybridized carbons (Fsp3) is 0.562. The van der Waals surface area contributed by atoms with Crippen LogP contribution in [0, 0.1) is 0 Å².